The van der Waals surface area contributed by atoms with Gasteiger partial charge < -0.3 is 4.90 Å². The summed E-state index contributed by atoms with van der Waals surface area (Å²) in [5, 5.41) is 7.42. The zero-order valence-corrected chi connectivity index (χ0v) is 20.6. The summed E-state index contributed by atoms with van der Waals surface area (Å²) in [6, 6.07) is 33.7. The molecule has 174 valence electrons. The van der Waals surface area contributed by atoms with Crippen LogP contribution in [0.3, 0.4) is 0 Å². The SMILES string of the molecule is O=C(c1cc(-c2cccs2)nn1-c1cccc(Cl)c1)N(CCc1ccccc1)Cc1ccccc1. The van der Waals surface area contributed by atoms with E-state index in [1.807, 2.05) is 101 Å². The van der Waals surface area contributed by atoms with Gasteiger partial charge in [-0.3, -0.25) is 4.79 Å². The average Bonchev–Trinajstić information content (AvgIpc) is 3.58. The highest BCUT2D eigenvalue weighted by atomic mass is 35.5. The molecule has 0 radical (unpaired) electrons. The minimum Gasteiger partial charge on any atom is -0.333 e. The molecule has 0 aliphatic heterocycles. The topological polar surface area (TPSA) is 38.1 Å². The predicted molar refractivity (Wildman–Crippen MR) is 143 cm³/mol. The first-order valence-corrected chi connectivity index (χ1v) is 12.7. The van der Waals surface area contributed by atoms with Crippen LogP contribution >= 0.6 is 22.9 Å². The maximum Gasteiger partial charge on any atom is 0.272 e. The third-order valence-electron chi connectivity index (χ3n) is 5.77. The molecule has 0 unspecified atom stereocenters. The molecular formula is C29H24ClN3OS. The molecule has 0 saturated heterocycles. The Hall–Kier alpha value is -3.67. The van der Waals surface area contributed by atoms with Crippen molar-refractivity contribution >= 4 is 28.8 Å². The largest absolute Gasteiger partial charge is 0.333 e. The molecule has 2 heterocycles. The van der Waals surface area contributed by atoms with Gasteiger partial charge in [0, 0.05) is 18.1 Å². The van der Waals surface area contributed by atoms with Crippen molar-refractivity contribution < 1.29 is 4.79 Å². The van der Waals surface area contributed by atoms with Crippen molar-refractivity contribution in [2.45, 2.75) is 13.0 Å². The van der Waals surface area contributed by atoms with E-state index < -0.39 is 0 Å². The molecule has 4 nitrogen and oxygen atoms in total. The minimum absolute atomic E-state index is 0.0694. The van der Waals surface area contributed by atoms with Gasteiger partial charge in [-0.15, -0.1) is 11.3 Å². The Kier molecular flexibility index (Phi) is 7.07. The van der Waals surface area contributed by atoms with Gasteiger partial charge in [0.05, 0.1) is 10.6 Å². The molecule has 0 aliphatic rings. The molecule has 5 rings (SSSR count). The van der Waals surface area contributed by atoms with E-state index in [1.54, 1.807) is 16.0 Å². The highest BCUT2D eigenvalue weighted by Gasteiger charge is 2.23. The number of rotatable bonds is 8. The minimum atomic E-state index is -0.0694. The fourth-order valence-corrected chi connectivity index (χ4v) is 4.88. The van der Waals surface area contributed by atoms with E-state index in [4.69, 9.17) is 16.7 Å². The molecule has 0 atom stereocenters. The van der Waals surface area contributed by atoms with Gasteiger partial charge in [0.1, 0.15) is 11.4 Å². The predicted octanol–water partition coefficient (Wildman–Crippen LogP) is 7.14. The molecule has 0 saturated carbocycles. The quantitative estimate of drug-likeness (QED) is 0.228. The second kappa shape index (κ2) is 10.7. The molecule has 6 heteroatoms. The van der Waals surface area contributed by atoms with Crippen LogP contribution in [0.1, 0.15) is 21.6 Å². The molecule has 1 amide bonds. The summed E-state index contributed by atoms with van der Waals surface area (Å²) in [6.07, 6.45) is 0.766. The Morgan fingerprint density at radius 2 is 1.60 bits per heavy atom. The number of carbonyl (C=O) groups is 1. The van der Waals surface area contributed by atoms with Crippen LogP contribution in [0, 0.1) is 0 Å². The first kappa shape index (κ1) is 23.1. The maximum atomic E-state index is 14.1. The average molecular weight is 498 g/mol. The van der Waals surface area contributed by atoms with Crippen molar-refractivity contribution in [1.29, 1.82) is 0 Å². The molecule has 0 aliphatic carbocycles. The van der Waals surface area contributed by atoms with Crippen molar-refractivity contribution in [1.82, 2.24) is 14.7 Å². The number of carbonyl (C=O) groups excluding carboxylic acids is 1. The van der Waals surface area contributed by atoms with Crippen LogP contribution in [0.25, 0.3) is 16.3 Å². The summed E-state index contributed by atoms with van der Waals surface area (Å²) in [5.74, 6) is -0.0694. The fraction of sp³-hybridized carbons (Fsp3) is 0.103. The number of hydrogen-bond acceptors (Lipinski definition) is 3. The lowest BCUT2D eigenvalue weighted by atomic mass is 10.1. The second-order valence-electron chi connectivity index (χ2n) is 8.23. The van der Waals surface area contributed by atoms with E-state index in [2.05, 4.69) is 12.1 Å². The van der Waals surface area contributed by atoms with Crippen LogP contribution in [0.4, 0.5) is 0 Å². The number of halogens is 1. The zero-order valence-electron chi connectivity index (χ0n) is 19.0. The Morgan fingerprint density at radius 1 is 0.857 bits per heavy atom. The third kappa shape index (κ3) is 5.53. The molecule has 0 fully saturated rings. The number of hydrogen-bond donors (Lipinski definition) is 0. The first-order chi connectivity index (χ1) is 17.2. The molecule has 35 heavy (non-hydrogen) atoms. The maximum absolute atomic E-state index is 14.1. The van der Waals surface area contributed by atoms with Crippen LogP contribution in [-0.4, -0.2) is 27.1 Å². The van der Waals surface area contributed by atoms with Crippen molar-refractivity contribution in [3.8, 4) is 16.3 Å². The summed E-state index contributed by atoms with van der Waals surface area (Å²) < 4.78 is 1.71. The van der Waals surface area contributed by atoms with E-state index in [0.29, 0.717) is 23.8 Å². The molecule has 5 aromatic rings. The van der Waals surface area contributed by atoms with Gasteiger partial charge >= 0.3 is 0 Å². The lowest BCUT2D eigenvalue weighted by Crippen LogP contribution is -2.34. The zero-order chi connectivity index (χ0) is 24.0. The summed E-state index contributed by atoms with van der Waals surface area (Å²) >= 11 is 7.89. The summed E-state index contributed by atoms with van der Waals surface area (Å²) in [4.78, 5) is 17.0. The van der Waals surface area contributed by atoms with Crippen LogP contribution in [0.5, 0.6) is 0 Å². The normalized spacial score (nSPS) is 10.9. The van der Waals surface area contributed by atoms with Gasteiger partial charge in [-0.1, -0.05) is 84.4 Å². The fourth-order valence-electron chi connectivity index (χ4n) is 4.01. The number of nitrogens with zero attached hydrogens (tertiary/aromatic N) is 3. The van der Waals surface area contributed by atoms with Gasteiger partial charge in [0.15, 0.2) is 0 Å². The van der Waals surface area contributed by atoms with Gasteiger partial charge in [-0.25, -0.2) is 4.68 Å². The molecule has 0 bridgehead atoms. The number of benzene rings is 3. The summed E-state index contributed by atoms with van der Waals surface area (Å²) in [5.41, 5.74) is 4.32. The van der Waals surface area contributed by atoms with E-state index in [1.165, 1.54) is 5.56 Å². The molecule has 0 spiro atoms. The first-order valence-electron chi connectivity index (χ1n) is 11.4. The molecule has 3 aromatic carbocycles. The monoisotopic (exact) mass is 497 g/mol. The van der Waals surface area contributed by atoms with E-state index >= 15 is 0 Å². The second-order valence-corrected chi connectivity index (χ2v) is 9.62. The Bertz CT molecular complexity index is 1400. The van der Waals surface area contributed by atoms with Crippen molar-refractivity contribution in [3.63, 3.8) is 0 Å². The van der Waals surface area contributed by atoms with Crippen LogP contribution in [-0.2, 0) is 13.0 Å². The Labute approximate surface area is 214 Å². The van der Waals surface area contributed by atoms with Gasteiger partial charge in [0.25, 0.3) is 5.91 Å². The van der Waals surface area contributed by atoms with Crippen LogP contribution in [0.15, 0.2) is 109 Å². The van der Waals surface area contributed by atoms with Gasteiger partial charge in [-0.05, 0) is 53.3 Å². The van der Waals surface area contributed by atoms with Crippen LogP contribution < -0.4 is 0 Å². The van der Waals surface area contributed by atoms with E-state index in [-0.39, 0.29) is 5.91 Å². The summed E-state index contributed by atoms with van der Waals surface area (Å²) in [7, 11) is 0. The smallest absolute Gasteiger partial charge is 0.272 e. The molecule has 0 N–H and O–H groups in total. The Morgan fingerprint density at radius 3 is 2.29 bits per heavy atom. The Balaban J connectivity index is 1.53. The highest BCUT2D eigenvalue weighted by Crippen LogP contribution is 2.27. The number of thiophene rings is 1. The van der Waals surface area contributed by atoms with E-state index in [0.717, 1.165) is 28.2 Å². The highest BCUT2D eigenvalue weighted by molar-refractivity contribution is 7.13. The standard InChI is InChI=1S/C29H24ClN3OS/c30-24-13-7-14-25(19-24)33-27(20-26(31-33)28-15-8-18-35-28)29(34)32(21-23-11-5-2-6-12-23)17-16-22-9-3-1-4-10-22/h1-15,18-20H,16-17,21H2. The lowest BCUT2D eigenvalue weighted by molar-refractivity contribution is 0.0736. The number of amides is 1. The van der Waals surface area contributed by atoms with Crippen LogP contribution in [0.2, 0.25) is 5.02 Å². The van der Waals surface area contributed by atoms with Crippen molar-refractivity contribution in [3.05, 3.63) is 130 Å². The number of aromatic nitrogens is 2. The third-order valence-corrected chi connectivity index (χ3v) is 6.90. The lowest BCUT2D eigenvalue weighted by Gasteiger charge is -2.23. The summed E-state index contributed by atoms with van der Waals surface area (Å²) in [6.45, 7) is 1.11. The molecular weight excluding hydrogens is 474 g/mol. The van der Waals surface area contributed by atoms with Gasteiger partial charge in [0.2, 0.25) is 0 Å². The van der Waals surface area contributed by atoms with Gasteiger partial charge in [-0.2, -0.15) is 5.10 Å². The molecule has 2 aromatic heterocycles. The van der Waals surface area contributed by atoms with Crippen molar-refractivity contribution in [2.75, 3.05) is 6.54 Å². The van der Waals surface area contributed by atoms with Crippen molar-refractivity contribution in [2.24, 2.45) is 0 Å². The van der Waals surface area contributed by atoms with E-state index in [9.17, 15) is 4.79 Å².